The normalized spacial score (nSPS) is 13.1. The summed E-state index contributed by atoms with van der Waals surface area (Å²) in [4.78, 5) is 23.1. The van der Waals surface area contributed by atoms with Gasteiger partial charge in [0.05, 0.1) is 18.8 Å². The molecule has 0 aliphatic carbocycles. The number of nitrogens with zero attached hydrogens (tertiary/aromatic N) is 1. The zero-order chi connectivity index (χ0) is 12.9. The molecule has 1 atom stereocenters. The molecule has 7 nitrogen and oxygen atoms in total. The lowest BCUT2D eigenvalue weighted by molar-refractivity contribution is -0.140. The van der Waals surface area contributed by atoms with Crippen LogP contribution in [0.4, 0.5) is 4.79 Å². The van der Waals surface area contributed by atoms with Gasteiger partial charge in [0.2, 0.25) is 0 Å². The van der Waals surface area contributed by atoms with Gasteiger partial charge < -0.3 is 25.5 Å². The highest BCUT2D eigenvalue weighted by molar-refractivity contribution is 5.82. The smallest absolute Gasteiger partial charge is 0.328 e. The van der Waals surface area contributed by atoms with Crippen LogP contribution in [-0.2, 0) is 4.79 Å². The van der Waals surface area contributed by atoms with Gasteiger partial charge in [0.25, 0.3) is 0 Å². The molecule has 0 rings (SSSR count). The number of urea groups is 1. The third-order valence-corrected chi connectivity index (χ3v) is 1.75. The molecule has 0 radical (unpaired) electrons. The molecule has 0 aromatic heterocycles. The van der Waals surface area contributed by atoms with E-state index < -0.39 is 30.3 Å². The van der Waals surface area contributed by atoms with E-state index in [4.69, 9.17) is 10.2 Å². The number of amides is 2. The first-order chi connectivity index (χ1) is 7.17. The van der Waals surface area contributed by atoms with Crippen molar-refractivity contribution in [3.8, 4) is 0 Å². The standard InChI is InChI=1S/C9H18N2O5/c1-9(2,16)5-11(3)8(15)10-6(4-12)7(13)14/h6,12,16H,4-5H2,1-3H3,(H,10,15)(H,13,14). The lowest BCUT2D eigenvalue weighted by Gasteiger charge is -2.26. The van der Waals surface area contributed by atoms with Crippen LogP contribution in [-0.4, -0.2) is 64.1 Å². The van der Waals surface area contributed by atoms with E-state index in [2.05, 4.69) is 5.32 Å². The average molecular weight is 234 g/mol. The molecule has 2 amide bonds. The summed E-state index contributed by atoms with van der Waals surface area (Å²) in [6, 6.07) is -2.00. The molecular formula is C9H18N2O5. The number of nitrogens with one attached hydrogen (secondary N) is 1. The molecule has 0 aromatic carbocycles. The van der Waals surface area contributed by atoms with Gasteiger partial charge in [-0.2, -0.15) is 0 Å². The largest absolute Gasteiger partial charge is 0.480 e. The minimum atomic E-state index is -1.34. The molecule has 94 valence electrons. The Balaban J connectivity index is 4.29. The minimum Gasteiger partial charge on any atom is -0.480 e. The van der Waals surface area contributed by atoms with E-state index in [1.165, 1.54) is 20.9 Å². The van der Waals surface area contributed by atoms with Crippen LogP contribution in [0.5, 0.6) is 0 Å². The highest BCUT2D eigenvalue weighted by Crippen LogP contribution is 2.03. The number of carboxylic acid groups (broad SMARTS) is 1. The van der Waals surface area contributed by atoms with Gasteiger partial charge in [0, 0.05) is 7.05 Å². The van der Waals surface area contributed by atoms with Gasteiger partial charge in [-0.05, 0) is 13.8 Å². The van der Waals surface area contributed by atoms with Crippen LogP contribution in [0, 0.1) is 0 Å². The second-order valence-electron chi connectivity index (χ2n) is 4.19. The maximum absolute atomic E-state index is 11.4. The van der Waals surface area contributed by atoms with E-state index >= 15 is 0 Å². The number of hydrogen-bond acceptors (Lipinski definition) is 4. The monoisotopic (exact) mass is 234 g/mol. The second kappa shape index (κ2) is 5.66. The average Bonchev–Trinajstić information content (AvgIpc) is 2.10. The number of rotatable bonds is 5. The lowest BCUT2D eigenvalue weighted by atomic mass is 10.1. The Labute approximate surface area is 93.7 Å². The van der Waals surface area contributed by atoms with Crippen LogP contribution >= 0.6 is 0 Å². The number of aliphatic carboxylic acids is 1. The van der Waals surface area contributed by atoms with E-state index in [1.54, 1.807) is 0 Å². The first-order valence-corrected chi connectivity index (χ1v) is 4.75. The molecule has 16 heavy (non-hydrogen) atoms. The summed E-state index contributed by atoms with van der Waals surface area (Å²) in [5.74, 6) is -1.31. The van der Waals surface area contributed by atoms with Crippen molar-refractivity contribution in [3.05, 3.63) is 0 Å². The lowest BCUT2D eigenvalue weighted by Crippen LogP contribution is -2.51. The highest BCUT2D eigenvalue weighted by Gasteiger charge is 2.23. The Morgan fingerprint density at radius 3 is 2.25 bits per heavy atom. The Bertz CT molecular complexity index is 261. The van der Waals surface area contributed by atoms with Crippen LogP contribution in [0.25, 0.3) is 0 Å². The fourth-order valence-electron chi connectivity index (χ4n) is 1.10. The summed E-state index contributed by atoms with van der Waals surface area (Å²) in [5.41, 5.74) is -1.07. The highest BCUT2D eigenvalue weighted by atomic mass is 16.4. The molecule has 1 unspecified atom stereocenters. The maximum atomic E-state index is 11.4. The number of carbonyl (C=O) groups excluding carboxylic acids is 1. The van der Waals surface area contributed by atoms with E-state index in [-0.39, 0.29) is 6.54 Å². The van der Waals surface area contributed by atoms with Gasteiger partial charge >= 0.3 is 12.0 Å². The molecule has 0 fully saturated rings. The first kappa shape index (κ1) is 14.7. The molecule has 0 saturated carbocycles. The number of aliphatic hydroxyl groups is 2. The summed E-state index contributed by atoms with van der Waals surface area (Å²) in [7, 11) is 1.42. The van der Waals surface area contributed by atoms with E-state index in [1.807, 2.05) is 0 Å². The van der Waals surface area contributed by atoms with Crippen molar-refractivity contribution in [1.82, 2.24) is 10.2 Å². The third kappa shape index (κ3) is 5.52. The van der Waals surface area contributed by atoms with Gasteiger partial charge in [0.15, 0.2) is 6.04 Å². The number of carboxylic acids is 1. The van der Waals surface area contributed by atoms with Crippen molar-refractivity contribution in [2.24, 2.45) is 0 Å². The SMILES string of the molecule is CN(CC(C)(C)O)C(=O)NC(CO)C(=O)O. The van der Waals surface area contributed by atoms with Crippen molar-refractivity contribution in [2.45, 2.75) is 25.5 Å². The number of aliphatic hydroxyl groups excluding tert-OH is 1. The third-order valence-electron chi connectivity index (χ3n) is 1.75. The molecule has 0 aliphatic rings. The molecule has 0 saturated heterocycles. The Morgan fingerprint density at radius 2 is 1.94 bits per heavy atom. The fraction of sp³-hybridized carbons (Fsp3) is 0.778. The topological polar surface area (TPSA) is 110 Å². The minimum absolute atomic E-state index is 0.0522. The zero-order valence-electron chi connectivity index (χ0n) is 9.60. The second-order valence-corrected chi connectivity index (χ2v) is 4.19. The van der Waals surface area contributed by atoms with Crippen LogP contribution in [0.1, 0.15) is 13.8 Å². The zero-order valence-corrected chi connectivity index (χ0v) is 9.60. The van der Waals surface area contributed by atoms with E-state index in [0.29, 0.717) is 0 Å². The Hall–Kier alpha value is -1.34. The predicted octanol–water partition coefficient (Wildman–Crippen LogP) is -1.16. The van der Waals surface area contributed by atoms with Crippen molar-refractivity contribution in [1.29, 1.82) is 0 Å². The molecule has 0 aliphatic heterocycles. The Kier molecular flexibility index (Phi) is 5.19. The van der Waals surface area contributed by atoms with Crippen molar-refractivity contribution >= 4 is 12.0 Å². The van der Waals surface area contributed by atoms with Crippen LogP contribution < -0.4 is 5.32 Å². The van der Waals surface area contributed by atoms with Crippen molar-refractivity contribution < 1.29 is 24.9 Å². The maximum Gasteiger partial charge on any atom is 0.328 e. The van der Waals surface area contributed by atoms with Crippen LogP contribution in [0.3, 0.4) is 0 Å². The summed E-state index contributed by atoms with van der Waals surface area (Å²) in [6.45, 7) is 2.42. The van der Waals surface area contributed by atoms with Crippen LogP contribution in [0.2, 0.25) is 0 Å². The summed E-state index contributed by atoms with van der Waals surface area (Å²) in [6.07, 6.45) is 0. The quantitative estimate of drug-likeness (QED) is 0.480. The van der Waals surface area contributed by atoms with Gasteiger partial charge in [0.1, 0.15) is 0 Å². The Morgan fingerprint density at radius 1 is 1.44 bits per heavy atom. The summed E-state index contributed by atoms with van der Waals surface area (Å²) >= 11 is 0. The number of carbonyl (C=O) groups is 2. The molecule has 7 heteroatoms. The van der Waals surface area contributed by atoms with Gasteiger partial charge in [-0.1, -0.05) is 0 Å². The first-order valence-electron chi connectivity index (χ1n) is 4.75. The van der Waals surface area contributed by atoms with Crippen molar-refractivity contribution in [3.63, 3.8) is 0 Å². The van der Waals surface area contributed by atoms with Gasteiger partial charge in [-0.3, -0.25) is 0 Å². The molecule has 0 bridgehead atoms. The predicted molar refractivity (Wildman–Crippen MR) is 56.0 cm³/mol. The molecule has 0 heterocycles. The molecule has 4 N–H and O–H groups in total. The number of hydrogen-bond donors (Lipinski definition) is 4. The molecule has 0 aromatic rings. The molecule has 0 spiro atoms. The van der Waals surface area contributed by atoms with Crippen LogP contribution in [0.15, 0.2) is 0 Å². The summed E-state index contributed by atoms with van der Waals surface area (Å²) in [5, 5.41) is 28.9. The van der Waals surface area contributed by atoms with Gasteiger partial charge in [-0.15, -0.1) is 0 Å². The number of likely N-dealkylation sites (N-methyl/N-ethyl adjacent to an activating group) is 1. The van der Waals surface area contributed by atoms with E-state index in [9.17, 15) is 14.7 Å². The summed E-state index contributed by atoms with van der Waals surface area (Å²) < 4.78 is 0. The fourth-order valence-corrected chi connectivity index (χ4v) is 1.10. The van der Waals surface area contributed by atoms with E-state index in [0.717, 1.165) is 4.90 Å². The van der Waals surface area contributed by atoms with Gasteiger partial charge in [-0.25, -0.2) is 9.59 Å². The van der Waals surface area contributed by atoms with Crippen molar-refractivity contribution in [2.75, 3.05) is 20.2 Å². The molecular weight excluding hydrogens is 216 g/mol.